The van der Waals surface area contributed by atoms with Crippen LogP contribution in [0, 0.1) is 0 Å². The Bertz CT molecular complexity index is 1100. The minimum atomic E-state index is -0.396. The van der Waals surface area contributed by atoms with E-state index in [0.29, 0.717) is 13.1 Å². The first-order chi connectivity index (χ1) is 14.3. The average molecular weight is 385 g/mol. The van der Waals surface area contributed by atoms with E-state index in [2.05, 4.69) is 10.4 Å². The second kappa shape index (κ2) is 7.31. The number of hydrogen-bond acceptors (Lipinski definition) is 4. The maximum atomic E-state index is 13.1. The SMILES string of the molecule is O=C(NCCn1cc(-c2ccco2)cn1)C1c2ccccc2Oc2ccccc21. The highest BCUT2D eigenvalue weighted by atomic mass is 16.5. The highest BCUT2D eigenvalue weighted by Crippen LogP contribution is 2.43. The summed E-state index contributed by atoms with van der Waals surface area (Å²) in [4.78, 5) is 13.1. The highest BCUT2D eigenvalue weighted by Gasteiger charge is 2.32. The van der Waals surface area contributed by atoms with Crippen LogP contribution < -0.4 is 10.1 Å². The van der Waals surface area contributed by atoms with Crippen LogP contribution in [0.2, 0.25) is 0 Å². The number of ether oxygens (including phenoxy) is 1. The van der Waals surface area contributed by atoms with Crippen LogP contribution in [0.1, 0.15) is 17.0 Å². The molecule has 0 radical (unpaired) electrons. The van der Waals surface area contributed by atoms with Gasteiger partial charge in [0.25, 0.3) is 0 Å². The van der Waals surface area contributed by atoms with Gasteiger partial charge in [-0.15, -0.1) is 0 Å². The van der Waals surface area contributed by atoms with Gasteiger partial charge in [0.2, 0.25) is 5.91 Å². The molecule has 0 unspecified atom stereocenters. The normalized spacial score (nSPS) is 12.7. The van der Waals surface area contributed by atoms with Crippen molar-refractivity contribution in [1.82, 2.24) is 15.1 Å². The highest BCUT2D eigenvalue weighted by molar-refractivity contribution is 5.89. The average Bonchev–Trinajstić information content (AvgIpc) is 3.44. The van der Waals surface area contributed by atoms with E-state index in [0.717, 1.165) is 33.9 Å². The molecule has 1 amide bonds. The summed E-state index contributed by atoms with van der Waals surface area (Å²) in [5.74, 6) is 1.78. The van der Waals surface area contributed by atoms with Gasteiger partial charge in [-0.2, -0.15) is 5.10 Å². The molecule has 0 saturated heterocycles. The second-order valence-electron chi connectivity index (χ2n) is 6.87. The number of aromatic nitrogens is 2. The number of amides is 1. The standard InChI is InChI=1S/C23H19N3O3/c27-23(24-11-12-26-15-16(14-25-26)19-10-5-13-28-19)22-17-6-1-3-8-20(17)29-21-9-4-2-7-18(21)22/h1-10,13-15,22H,11-12H2,(H,24,27). The second-order valence-corrected chi connectivity index (χ2v) is 6.87. The number of nitrogens with zero attached hydrogens (tertiary/aromatic N) is 2. The van der Waals surface area contributed by atoms with Crippen molar-refractivity contribution >= 4 is 5.91 Å². The quantitative estimate of drug-likeness (QED) is 0.559. The largest absolute Gasteiger partial charge is 0.464 e. The lowest BCUT2D eigenvalue weighted by molar-refractivity contribution is -0.121. The van der Waals surface area contributed by atoms with Gasteiger partial charge in [-0.3, -0.25) is 9.48 Å². The van der Waals surface area contributed by atoms with Crippen molar-refractivity contribution in [2.45, 2.75) is 12.5 Å². The van der Waals surface area contributed by atoms with E-state index < -0.39 is 5.92 Å². The van der Waals surface area contributed by atoms with Crippen molar-refractivity contribution in [1.29, 1.82) is 0 Å². The molecule has 1 aliphatic heterocycles. The molecular weight excluding hydrogens is 366 g/mol. The molecule has 0 atom stereocenters. The lowest BCUT2D eigenvalue weighted by atomic mass is 9.87. The molecule has 29 heavy (non-hydrogen) atoms. The van der Waals surface area contributed by atoms with Crippen LogP contribution >= 0.6 is 0 Å². The third kappa shape index (κ3) is 3.29. The first kappa shape index (κ1) is 17.3. The van der Waals surface area contributed by atoms with Crippen LogP contribution in [0.4, 0.5) is 0 Å². The Morgan fingerprint density at radius 3 is 2.41 bits per heavy atom. The van der Waals surface area contributed by atoms with Crippen molar-refractivity contribution in [2.75, 3.05) is 6.54 Å². The van der Waals surface area contributed by atoms with Crippen LogP contribution in [0.25, 0.3) is 11.3 Å². The molecular formula is C23H19N3O3. The van der Waals surface area contributed by atoms with E-state index in [4.69, 9.17) is 9.15 Å². The van der Waals surface area contributed by atoms with Gasteiger partial charge in [-0.05, 0) is 24.3 Å². The minimum Gasteiger partial charge on any atom is -0.464 e. The van der Waals surface area contributed by atoms with Gasteiger partial charge in [0.15, 0.2) is 0 Å². The number of nitrogens with one attached hydrogen (secondary N) is 1. The molecule has 2 aromatic carbocycles. The summed E-state index contributed by atoms with van der Waals surface area (Å²) < 4.78 is 13.1. The van der Waals surface area contributed by atoms with Crippen LogP contribution in [-0.2, 0) is 11.3 Å². The molecule has 0 fully saturated rings. The number of fused-ring (bicyclic) bond motifs is 2. The van der Waals surface area contributed by atoms with E-state index in [1.54, 1.807) is 17.1 Å². The topological polar surface area (TPSA) is 69.3 Å². The van der Waals surface area contributed by atoms with Gasteiger partial charge in [0.05, 0.1) is 30.5 Å². The Labute approximate surface area is 167 Å². The first-order valence-electron chi connectivity index (χ1n) is 9.49. The van der Waals surface area contributed by atoms with Gasteiger partial charge in [-0.25, -0.2) is 0 Å². The number of hydrogen-bond donors (Lipinski definition) is 1. The van der Waals surface area contributed by atoms with Crippen LogP contribution in [0.5, 0.6) is 11.5 Å². The zero-order chi connectivity index (χ0) is 19.6. The van der Waals surface area contributed by atoms with Crippen molar-refractivity contribution < 1.29 is 13.9 Å². The van der Waals surface area contributed by atoms with Crippen molar-refractivity contribution in [2.24, 2.45) is 0 Å². The van der Waals surface area contributed by atoms with Crippen LogP contribution in [0.15, 0.2) is 83.7 Å². The van der Waals surface area contributed by atoms with E-state index in [-0.39, 0.29) is 5.91 Å². The molecule has 0 spiro atoms. The third-order valence-corrected chi connectivity index (χ3v) is 5.02. The molecule has 5 rings (SSSR count). The van der Waals surface area contributed by atoms with Gasteiger partial charge in [0, 0.05) is 23.9 Å². The van der Waals surface area contributed by atoms with Gasteiger partial charge < -0.3 is 14.5 Å². The molecule has 144 valence electrons. The molecule has 2 aromatic heterocycles. The van der Waals surface area contributed by atoms with Crippen LogP contribution in [0.3, 0.4) is 0 Å². The molecule has 3 heterocycles. The fourth-order valence-electron chi connectivity index (χ4n) is 3.64. The van der Waals surface area contributed by atoms with Gasteiger partial charge in [0.1, 0.15) is 17.3 Å². The van der Waals surface area contributed by atoms with E-state index in [1.807, 2.05) is 66.9 Å². The predicted molar refractivity (Wildman–Crippen MR) is 108 cm³/mol. The Hall–Kier alpha value is -3.80. The van der Waals surface area contributed by atoms with Crippen molar-refractivity contribution in [3.05, 3.63) is 90.4 Å². The molecule has 0 aliphatic carbocycles. The molecule has 1 N–H and O–H groups in total. The van der Waals surface area contributed by atoms with Crippen LogP contribution in [-0.4, -0.2) is 22.2 Å². The molecule has 0 saturated carbocycles. The summed E-state index contributed by atoms with van der Waals surface area (Å²) in [7, 11) is 0. The summed E-state index contributed by atoms with van der Waals surface area (Å²) in [5.41, 5.74) is 2.67. The van der Waals surface area contributed by atoms with Gasteiger partial charge in [-0.1, -0.05) is 36.4 Å². The van der Waals surface area contributed by atoms with E-state index in [9.17, 15) is 4.79 Å². The number of benzene rings is 2. The lowest BCUT2D eigenvalue weighted by Gasteiger charge is -2.27. The Morgan fingerprint density at radius 1 is 1.00 bits per heavy atom. The summed E-state index contributed by atoms with van der Waals surface area (Å²) in [6.07, 6.45) is 5.30. The zero-order valence-corrected chi connectivity index (χ0v) is 15.6. The first-order valence-corrected chi connectivity index (χ1v) is 9.49. The van der Waals surface area contributed by atoms with E-state index in [1.165, 1.54) is 0 Å². The van der Waals surface area contributed by atoms with E-state index >= 15 is 0 Å². The molecule has 1 aliphatic rings. The van der Waals surface area contributed by atoms with Crippen molar-refractivity contribution in [3.8, 4) is 22.8 Å². The Balaban J connectivity index is 1.30. The number of carbonyl (C=O) groups is 1. The number of rotatable bonds is 5. The fraction of sp³-hybridized carbons (Fsp3) is 0.130. The number of carbonyl (C=O) groups excluding carboxylic acids is 1. The monoisotopic (exact) mass is 385 g/mol. The number of furan rings is 1. The zero-order valence-electron chi connectivity index (χ0n) is 15.6. The van der Waals surface area contributed by atoms with Gasteiger partial charge >= 0.3 is 0 Å². The molecule has 4 aromatic rings. The fourth-order valence-corrected chi connectivity index (χ4v) is 3.64. The Morgan fingerprint density at radius 2 is 1.72 bits per heavy atom. The summed E-state index contributed by atoms with van der Waals surface area (Å²) in [6, 6.07) is 19.1. The predicted octanol–water partition coefficient (Wildman–Crippen LogP) is 4.20. The molecule has 6 heteroatoms. The summed E-state index contributed by atoms with van der Waals surface area (Å²) >= 11 is 0. The lowest BCUT2D eigenvalue weighted by Crippen LogP contribution is -2.33. The molecule has 6 nitrogen and oxygen atoms in total. The third-order valence-electron chi connectivity index (χ3n) is 5.02. The smallest absolute Gasteiger partial charge is 0.232 e. The minimum absolute atomic E-state index is 0.0494. The maximum absolute atomic E-state index is 13.1. The summed E-state index contributed by atoms with van der Waals surface area (Å²) in [6.45, 7) is 1.04. The maximum Gasteiger partial charge on any atom is 0.232 e. The number of para-hydroxylation sites is 2. The molecule has 0 bridgehead atoms. The van der Waals surface area contributed by atoms with Crippen molar-refractivity contribution in [3.63, 3.8) is 0 Å². The Kier molecular flexibility index (Phi) is 4.37. The summed E-state index contributed by atoms with van der Waals surface area (Å²) in [5, 5.41) is 7.39.